The fourth-order valence-corrected chi connectivity index (χ4v) is 1.86. The first-order valence-electron chi connectivity index (χ1n) is 7.19. The van der Waals surface area contributed by atoms with Crippen LogP contribution in [0.15, 0.2) is 40.3 Å². The molecule has 0 aliphatic carbocycles. The lowest BCUT2D eigenvalue weighted by Gasteiger charge is -2.09. The normalized spacial score (nSPS) is 11.9. The molecule has 0 saturated carbocycles. The Kier molecular flexibility index (Phi) is 6.11. The van der Waals surface area contributed by atoms with Crippen LogP contribution in [-0.4, -0.2) is 27.8 Å². The van der Waals surface area contributed by atoms with E-state index in [1.54, 1.807) is 0 Å². The molecular weight excluding hydrogens is 360 g/mol. The van der Waals surface area contributed by atoms with Crippen molar-refractivity contribution in [1.82, 2.24) is 20.8 Å². The second kappa shape index (κ2) is 8.48. The molecule has 2 rings (SSSR count). The van der Waals surface area contributed by atoms with Crippen LogP contribution in [0.5, 0.6) is 0 Å². The Balaban J connectivity index is 1.94. The van der Waals surface area contributed by atoms with Crippen LogP contribution in [-0.2, 0) is 6.54 Å². The van der Waals surface area contributed by atoms with Crippen LogP contribution in [0.4, 0.5) is 11.6 Å². The molecule has 1 amide bonds. The molecule has 0 saturated heterocycles. The first kappa shape index (κ1) is 18.7. The number of aliphatic imine (C=N–C) groups is 2. The summed E-state index contributed by atoms with van der Waals surface area (Å²) < 4.78 is 0. The van der Waals surface area contributed by atoms with Gasteiger partial charge < -0.3 is 22.9 Å². The second-order valence-electron chi connectivity index (χ2n) is 4.87. The van der Waals surface area contributed by atoms with Crippen LogP contribution in [0, 0.1) is 0 Å². The average molecular weight is 377 g/mol. The van der Waals surface area contributed by atoms with Crippen molar-refractivity contribution in [2.45, 2.75) is 6.54 Å². The number of halogens is 1. The highest BCUT2D eigenvalue weighted by atomic mass is 35.5. The number of hydrazine groups is 1. The highest BCUT2D eigenvalue weighted by Crippen LogP contribution is 2.16. The molecule has 0 fully saturated rings. The summed E-state index contributed by atoms with van der Waals surface area (Å²) in [6, 6.07) is 9.45. The number of amides is 1. The van der Waals surface area contributed by atoms with Gasteiger partial charge in [0.15, 0.2) is 22.5 Å². The monoisotopic (exact) mass is 376 g/mol. The van der Waals surface area contributed by atoms with Gasteiger partial charge in [-0.25, -0.2) is 15.0 Å². The number of anilines is 2. The summed E-state index contributed by atoms with van der Waals surface area (Å²) in [6.07, 6.45) is 0. The van der Waals surface area contributed by atoms with E-state index in [1.165, 1.54) is 0 Å². The maximum absolute atomic E-state index is 12.0. The quantitative estimate of drug-likeness (QED) is 0.231. The molecule has 0 spiro atoms. The predicted molar refractivity (Wildman–Crippen MR) is 99.9 cm³/mol. The number of benzene rings is 1. The van der Waals surface area contributed by atoms with Crippen molar-refractivity contribution in [2.75, 3.05) is 11.5 Å². The Hall–Kier alpha value is -3.60. The summed E-state index contributed by atoms with van der Waals surface area (Å²) in [5.74, 6) is -1.28. The molecule has 2 aromatic rings. The van der Waals surface area contributed by atoms with E-state index in [0.29, 0.717) is 6.54 Å². The van der Waals surface area contributed by atoms with E-state index in [4.69, 9.17) is 34.5 Å². The Morgan fingerprint density at radius 3 is 2.46 bits per heavy atom. The largest absolute Gasteiger partial charge is 0.382 e. The number of carbonyl (C=O) groups excluding carboxylic acids is 1. The van der Waals surface area contributed by atoms with Gasteiger partial charge in [0.25, 0.3) is 5.91 Å². The third kappa shape index (κ3) is 5.21. The number of hydrogen-bond acceptors (Lipinski definition) is 6. The number of aromatic nitrogens is 2. The number of carbonyl (C=O) groups is 1. The fraction of sp³-hybridized carbons (Fsp3) is 0.0714. The maximum atomic E-state index is 12.0. The van der Waals surface area contributed by atoms with Gasteiger partial charge in [0, 0.05) is 0 Å². The molecule has 1 aromatic heterocycles. The van der Waals surface area contributed by atoms with Gasteiger partial charge in [-0.15, -0.1) is 0 Å². The molecule has 26 heavy (non-hydrogen) atoms. The molecule has 0 unspecified atom stereocenters. The van der Waals surface area contributed by atoms with Crippen LogP contribution >= 0.6 is 11.6 Å². The summed E-state index contributed by atoms with van der Waals surface area (Å²) in [6.45, 7) is 0.339. The minimum Gasteiger partial charge on any atom is -0.382 e. The first-order chi connectivity index (χ1) is 12.4. The molecule has 136 valence electrons. The molecule has 1 heterocycles. The highest BCUT2D eigenvalue weighted by molar-refractivity contribution is 6.31. The van der Waals surface area contributed by atoms with E-state index < -0.39 is 5.91 Å². The van der Waals surface area contributed by atoms with E-state index in [2.05, 4.69) is 30.8 Å². The van der Waals surface area contributed by atoms with Crippen LogP contribution in [0.1, 0.15) is 16.1 Å². The van der Waals surface area contributed by atoms with Crippen molar-refractivity contribution in [3.05, 3.63) is 46.7 Å². The molecule has 0 bridgehead atoms. The smallest absolute Gasteiger partial charge is 0.292 e. The summed E-state index contributed by atoms with van der Waals surface area (Å²) >= 11 is 5.71. The molecule has 12 heteroatoms. The van der Waals surface area contributed by atoms with Crippen LogP contribution in [0.25, 0.3) is 0 Å². The molecule has 0 aliphatic rings. The molecule has 10 N–H and O–H groups in total. The Labute approximate surface area is 153 Å². The number of hydrogen-bond donors (Lipinski definition) is 6. The Bertz CT molecular complexity index is 852. The third-order valence-corrected chi connectivity index (χ3v) is 3.20. The van der Waals surface area contributed by atoms with Crippen molar-refractivity contribution in [3.63, 3.8) is 0 Å². The van der Waals surface area contributed by atoms with Gasteiger partial charge in [-0.05, 0) is 5.56 Å². The van der Waals surface area contributed by atoms with Gasteiger partial charge >= 0.3 is 0 Å². The highest BCUT2D eigenvalue weighted by Gasteiger charge is 2.15. The topological polar surface area (TPSA) is 196 Å². The predicted octanol–water partition coefficient (Wildman–Crippen LogP) is -0.642. The van der Waals surface area contributed by atoms with Crippen LogP contribution in [0.2, 0.25) is 5.15 Å². The van der Waals surface area contributed by atoms with Gasteiger partial charge in [-0.3, -0.25) is 15.6 Å². The molecule has 0 aliphatic heterocycles. The number of rotatable bonds is 3. The minimum atomic E-state index is -0.741. The zero-order valence-corrected chi connectivity index (χ0v) is 14.2. The average Bonchev–Trinajstić information content (AvgIpc) is 2.62. The van der Waals surface area contributed by atoms with E-state index in [0.717, 1.165) is 5.56 Å². The van der Waals surface area contributed by atoms with Gasteiger partial charge in [-0.2, -0.15) is 4.99 Å². The number of nitrogens with two attached hydrogens (primary N) is 4. The number of nitrogens with one attached hydrogen (secondary N) is 2. The SMILES string of the molecule is NC(=NCc1ccccc1)/N=C(\N)NNC(=O)c1nc(Cl)c(N)nc1N. The lowest BCUT2D eigenvalue weighted by Crippen LogP contribution is -2.46. The first-order valence-corrected chi connectivity index (χ1v) is 7.57. The Morgan fingerprint density at radius 1 is 1.08 bits per heavy atom. The number of nitrogens with zero attached hydrogens (tertiary/aromatic N) is 4. The van der Waals surface area contributed by atoms with Crippen molar-refractivity contribution < 1.29 is 4.79 Å². The summed E-state index contributed by atoms with van der Waals surface area (Å²) in [5.41, 5.74) is 27.6. The number of nitrogen functional groups attached to an aromatic ring is 2. The lowest BCUT2D eigenvalue weighted by molar-refractivity contribution is 0.0939. The van der Waals surface area contributed by atoms with E-state index in [-0.39, 0.29) is 34.4 Å². The third-order valence-electron chi connectivity index (χ3n) is 2.93. The maximum Gasteiger partial charge on any atom is 0.292 e. The van der Waals surface area contributed by atoms with Gasteiger partial charge in [0.2, 0.25) is 11.9 Å². The van der Waals surface area contributed by atoms with E-state index in [9.17, 15) is 4.79 Å². The van der Waals surface area contributed by atoms with Crippen molar-refractivity contribution in [2.24, 2.45) is 21.5 Å². The molecule has 0 atom stereocenters. The van der Waals surface area contributed by atoms with E-state index >= 15 is 0 Å². The molecule has 1 aromatic carbocycles. The molecule has 11 nitrogen and oxygen atoms in total. The summed E-state index contributed by atoms with van der Waals surface area (Å²) in [7, 11) is 0. The Morgan fingerprint density at radius 2 is 1.77 bits per heavy atom. The van der Waals surface area contributed by atoms with Crippen molar-refractivity contribution in [3.8, 4) is 0 Å². The zero-order chi connectivity index (χ0) is 19.1. The zero-order valence-electron chi connectivity index (χ0n) is 13.5. The second-order valence-corrected chi connectivity index (χ2v) is 5.23. The van der Waals surface area contributed by atoms with Crippen molar-refractivity contribution >= 4 is 41.1 Å². The lowest BCUT2D eigenvalue weighted by atomic mass is 10.2. The standard InChI is InChI=1S/C14H17ClN10O/c15-9-11(17)22-10(16)8(21-9)12(26)24-25-14(19)23-13(18)20-6-7-4-2-1-3-5-7/h1-5H,6H2,(H,24,26)(H4,16,17,22)(H5,18,19,20,23,25). The van der Waals surface area contributed by atoms with Gasteiger partial charge in [0.05, 0.1) is 6.54 Å². The summed E-state index contributed by atoms with van der Waals surface area (Å²) in [5, 5.41) is -0.150. The molecular formula is C14H17ClN10O. The molecule has 0 radical (unpaired) electrons. The summed E-state index contributed by atoms with van der Waals surface area (Å²) in [4.78, 5) is 27.3. The fourth-order valence-electron chi connectivity index (χ4n) is 1.73. The minimum absolute atomic E-state index is 0.0667. The van der Waals surface area contributed by atoms with Crippen LogP contribution < -0.4 is 33.8 Å². The van der Waals surface area contributed by atoms with Gasteiger partial charge in [-0.1, -0.05) is 41.9 Å². The van der Waals surface area contributed by atoms with Crippen molar-refractivity contribution in [1.29, 1.82) is 0 Å². The van der Waals surface area contributed by atoms with Crippen LogP contribution in [0.3, 0.4) is 0 Å². The number of guanidine groups is 2. The van der Waals surface area contributed by atoms with Gasteiger partial charge in [0.1, 0.15) is 0 Å². The van der Waals surface area contributed by atoms with E-state index in [1.807, 2.05) is 30.3 Å².